The molecule has 0 spiro atoms. The van der Waals surface area contributed by atoms with E-state index in [1.54, 1.807) is 6.92 Å². The van der Waals surface area contributed by atoms with Gasteiger partial charge in [-0.15, -0.1) is 23.2 Å². The molecule has 2 atom stereocenters. The van der Waals surface area contributed by atoms with Crippen LogP contribution in [-0.2, 0) is 9.53 Å². The van der Waals surface area contributed by atoms with Gasteiger partial charge in [0.05, 0.1) is 11.3 Å². The summed E-state index contributed by atoms with van der Waals surface area (Å²) < 4.78 is 4.76. The molecule has 0 radical (unpaired) electrons. The fourth-order valence-electron chi connectivity index (χ4n) is 0.461. The monoisotopic (exact) mass is 184 g/mol. The number of rotatable bonds is 3. The summed E-state index contributed by atoms with van der Waals surface area (Å²) in [5.41, 5.74) is 0. The van der Waals surface area contributed by atoms with E-state index in [1.807, 2.05) is 0 Å². The van der Waals surface area contributed by atoms with Crippen molar-refractivity contribution in [1.82, 2.24) is 0 Å². The topological polar surface area (TPSA) is 26.3 Å². The zero-order valence-corrected chi connectivity index (χ0v) is 7.45. The Morgan fingerprint density at radius 1 is 1.70 bits per heavy atom. The molecule has 2 unspecified atom stereocenters. The maximum atomic E-state index is 10.4. The average Bonchev–Trinajstić information content (AvgIpc) is 1.81. The summed E-state index contributed by atoms with van der Waals surface area (Å²) in [6.07, 6.45) is -0.374. The molecule has 0 aliphatic heterocycles. The number of ether oxygens (including phenoxy) is 1. The fraction of sp³-hybridized carbons (Fsp3) is 0.833. The summed E-state index contributed by atoms with van der Waals surface area (Å²) in [6.45, 7) is 3.07. The minimum Gasteiger partial charge on any atom is -0.460 e. The van der Waals surface area contributed by atoms with E-state index in [4.69, 9.17) is 27.9 Å². The van der Waals surface area contributed by atoms with Crippen molar-refractivity contribution in [2.24, 2.45) is 0 Å². The third-order valence-corrected chi connectivity index (χ3v) is 1.57. The van der Waals surface area contributed by atoms with E-state index >= 15 is 0 Å². The van der Waals surface area contributed by atoms with Gasteiger partial charge in [0.1, 0.15) is 6.10 Å². The van der Waals surface area contributed by atoms with Crippen LogP contribution in [0.15, 0.2) is 0 Å². The lowest BCUT2D eigenvalue weighted by Crippen LogP contribution is -2.26. The first-order chi connectivity index (χ1) is 4.57. The first kappa shape index (κ1) is 10.0. The second-order valence-corrected chi connectivity index (χ2v) is 2.98. The predicted octanol–water partition coefficient (Wildman–Crippen LogP) is 1.78. The summed E-state index contributed by atoms with van der Waals surface area (Å²) in [6, 6.07) is 0. The maximum Gasteiger partial charge on any atom is 0.302 e. The minimum atomic E-state index is -0.374. The maximum absolute atomic E-state index is 10.4. The Bertz CT molecular complexity index is 114. The predicted molar refractivity (Wildman–Crippen MR) is 41.6 cm³/mol. The molecule has 0 amide bonds. The van der Waals surface area contributed by atoms with Crippen LogP contribution in [0.5, 0.6) is 0 Å². The summed E-state index contributed by atoms with van der Waals surface area (Å²) in [4.78, 5) is 10.4. The van der Waals surface area contributed by atoms with Crippen molar-refractivity contribution in [3.05, 3.63) is 0 Å². The van der Waals surface area contributed by atoms with Crippen molar-refractivity contribution in [1.29, 1.82) is 0 Å². The Morgan fingerprint density at radius 3 is 2.30 bits per heavy atom. The molecular weight excluding hydrogens is 175 g/mol. The van der Waals surface area contributed by atoms with E-state index in [9.17, 15) is 4.79 Å². The van der Waals surface area contributed by atoms with Crippen LogP contribution in [-0.4, -0.2) is 23.3 Å². The molecule has 0 aliphatic rings. The largest absolute Gasteiger partial charge is 0.460 e. The molecule has 0 saturated carbocycles. The molecule has 0 aromatic rings. The number of hydrogen-bond donors (Lipinski definition) is 0. The molecule has 0 heterocycles. The van der Waals surface area contributed by atoms with Crippen molar-refractivity contribution in [3.8, 4) is 0 Å². The fourth-order valence-corrected chi connectivity index (χ4v) is 1.02. The zero-order chi connectivity index (χ0) is 8.15. The van der Waals surface area contributed by atoms with E-state index in [-0.39, 0.29) is 23.3 Å². The highest BCUT2D eigenvalue weighted by molar-refractivity contribution is 6.23. The molecule has 0 saturated heterocycles. The summed E-state index contributed by atoms with van der Waals surface area (Å²) in [5, 5.41) is -0.235. The summed E-state index contributed by atoms with van der Waals surface area (Å²) in [5.74, 6) is -0.109. The lowest BCUT2D eigenvalue weighted by atomic mass is 10.3. The van der Waals surface area contributed by atoms with Gasteiger partial charge in [0.15, 0.2) is 0 Å². The molecule has 2 nitrogen and oxygen atoms in total. The van der Waals surface area contributed by atoms with Crippen LogP contribution in [0.4, 0.5) is 0 Å². The van der Waals surface area contributed by atoms with Crippen LogP contribution < -0.4 is 0 Å². The second-order valence-electron chi connectivity index (χ2n) is 1.98. The molecule has 0 aromatic carbocycles. The van der Waals surface area contributed by atoms with Crippen molar-refractivity contribution < 1.29 is 9.53 Å². The first-order valence-corrected chi connectivity index (χ1v) is 3.92. The molecule has 4 heteroatoms. The van der Waals surface area contributed by atoms with Crippen molar-refractivity contribution >= 4 is 29.2 Å². The Morgan fingerprint density at radius 2 is 2.20 bits per heavy atom. The molecule has 0 rings (SSSR count). The van der Waals surface area contributed by atoms with Gasteiger partial charge in [0.2, 0.25) is 0 Å². The van der Waals surface area contributed by atoms with Crippen LogP contribution >= 0.6 is 23.2 Å². The Labute approximate surface area is 70.4 Å². The number of halogens is 2. The zero-order valence-electron chi connectivity index (χ0n) is 5.93. The average molecular weight is 185 g/mol. The van der Waals surface area contributed by atoms with Gasteiger partial charge in [0, 0.05) is 6.92 Å². The van der Waals surface area contributed by atoms with Gasteiger partial charge in [-0.1, -0.05) is 0 Å². The normalized spacial score (nSPS) is 16.0. The standard InChI is InChI=1S/C6H10Cl2O2/c1-4(8)6(3-7)10-5(2)9/h4,6H,3H2,1-2H3. The van der Waals surface area contributed by atoms with Gasteiger partial charge >= 0.3 is 5.97 Å². The van der Waals surface area contributed by atoms with Crippen LogP contribution in [0, 0.1) is 0 Å². The highest BCUT2D eigenvalue weighted by atomic mass is 35.5. The molecule has 60 valence electrons. The minimum absolute atomic E-state index is 0.235. The first-order valence-electron chi connectivity index (χ1n) is 2.95. The number of esters is 1. The molecular formula is C6H10Cl2O2. The van der Waals surface area contributed by atoms with Crippen molar-refractivity contribution in [2.75, 3.05) is 5.88 Å². The van der Waals surface area contributed by atoms with Gasteiger partial charge in [-0.2, -0.15) is 0 Å². The SMILES string of the molecule is CC(=O)OC(CCl)C(C)Cl. The van der Waals surface area contributed by atoms with Gasteiger partial charge in [-0.25, -0.2) is 0 Å². The third-order valence-electron chi connectivity index (χ3n) is 0.982. The molecule has 0 aromatic heterocycles. The molecule has 0 aliphatic carbocycles. The van der Waals surface area contributed by atoms with E-state index < -0.39 is 0 Å². The quantitative estimate of drug-likeness (QED) is 0.494. The number of carbonyl (C=O) groups is 1. The van der Waals surface area contributed by atoms with Crippen LogP contribution in [0.3, 0.4) is 0 Å². The summed E-state index contributed by atoms with van der Waals surface area (Å²) >= 11 is 11.1. The van der Waals surface area contributed by atoms with Crippen LogP contribution in [0.2, 0.25) is 0 Å². The lowest BCUT2D eigenvalue weighted by Gasteiger charge is -2.15. The van der Waals surface area contributed by atoms with E-state index in [2.05, 4.69) is 0 Å². The number of alkyl halides is 2. The van der Waals surface area contributed by atoms with E-state index in [1.165, 1.54) is 6.92 Å². The smallest absolute Gasteiger partial charge is 0.302 e. The molecule has 0 bridgehead atoms. The summed E-state index contributed by atoms with van der Waals surface area (Å²) in [7, 11) is 0. The van der Waals surface area contributed by atoms with E-state index in [0.29, 0.717) is 0 Å². The van der Waals surface area contributed by atoms with Crippen molar-refractivity contribution in [3.63, 3.8) is 0 Å². The highest BCUT2D eigenvalue weighted by Gasteiger charge is 2.16. The molecule has 0 fully saturated rings. The Hall–Kier alpha value is 0.0500. The third kappa shape index (κ3) is 3.96. The Kier molecular flexibility index (Phi) is 4.83. The van der Waals surface area contributed by atoms with Crippen LogP contribution in [0.1, 0.15) is 13.8 Å². The number of hydrogen-bond acceptors (Lipinski definition) is 2. The second kappa shape index (κ2) is 4.80. The highest BCUT2D eigenvalue weighted by Crippen LogP contribution is 2.08. The van der Waals surface area contributed by atoms with Gasteiger partial charge in [-0.3, -0.25) is 4.79 Å². The van der Waals surface area contributed by atoms with E-state index in [0.717, 1.165) is 0 Å². The van der Waals surface area contributed by atoms with Gasteiger partial charge in [0.25, 0.3) is 0 Å². The van der Waals surface area contributed by atoms with Gasteiger partial charge < -0.3 is 4.74 Å². The molecule has 10 heavy (non-hydrogen) atoms. The number of carbonyl (C=O) groups excluding carboxylic acids is 1. The van der Waals surface area contributed by atoms with Gasteiger partial charge in [-0.05, 0) is 6.92 Å². The Balaban J connectivity index is 3.71. The molecule has 0 N–H and O–H groups in total. The van der Waals surface area contributed by atoms with Crippen molar-refractivity contribution in [2.45, 2.75) is 25.3 Å². The lowest BCUT2D eigenvalue weighted by molar-refractivity contribution is -0.145. The van der Waals surface area contributed by atoms with Crippen LogP contribution in [0.25, 0.3) is 0 Å².